The van der Waals surface area contributed by atoms with Crippen LogP contribution in [0, 0.1) is 11.8 Å². The third-order valence-corrected chi connectivity index (χ3v) is 3.03. The molecule has 1 aromatic heterocycles. The zero-order chi connectivity index (χ0) is 14.9. The molecule has 0 saturated carbocycles. The number of anilines is 1. The van der Waals surface area contributed by atoms with Gasteiger partial charge in [-0.3, -0.25) is 0 Å². The summed E-state index contributed by atoms with van der Waals surface area (Å²) in [6.07, 6.45) is -2.28. The molecule has 0 bridgehead atoms. The summed E-state index contributed by atoms with van der Waals surface area (Å²) < 4.78 is 6.24. The van der Waals surface area contributed by atoms with Crippen LogP contribution in [-0.4, -0.2) is 49.3 Å². The van der Waals surface area contributed by atoms with Crippen molar-refractivity contribution in [2.75, 3.05) is 12.3 Å². The highest BCUT2D eigenvalue weighted by molar-refractivity contribution is 5.25. The average Bonchev–Trinajstić information content (AvgIpc) is 2.63. The van der Waals surface area contributed by atoms with Gasteiger partial charge in [-0.2, -0.15) is 14.8 Å². The van der Waals surface area contributed by atoms with Gasteiger partial charge in [-0.05, 0) is 6.92 Å². The van der Waals surface area contributed by atoms with Crippen molar-refractivity contribution < 1.29 is 14.9 Å². The smallest absolute Gasteiger partial charge is 0.368 e. The molecular formula is C11H15N5O4. The van der Waals surface area contributed by atoms with Crippen molar-refractivity contribution in [1.82, 2.24) is 14.8 Å². The quantitative estimate of drug-likeness (QED) is 0.424. The second kappa shape index (κ2) is 5.18. The molecule has 1 unspecified atom stereocenters. The van der Waals surface area contributed by atoms with E-state index < -0.39 is 36.3 Å². The predicted octanol–water partition coefficient (Wildman–Crippen LogP) is -2.81. The van der Waals surface area contributed by atoms with Crippen molar-refractivity contribution in [3.63, 3.8) is 0 Å². The van der Waals surface area contributed by atoms with E-state index in [2.05, 4.69) is 21.9 Å². The highest BCUT2D eigenvalue weighted by Gasteiger charge is 2.54. The Morgan fingerprint density at radius 1 is 1.65 bits per heavy atom. The zero-order valence-electron chi connectivity index (χ0n) is 10.7. The Bertz CT molecular complexity index is 621. The molecule has 0 aromatic carbocycles. The summed E-state index contributed by atoms with van der Waals surface area (Å²) >= 11 is 0. The minimum Gasteiger partial charge on any atom is -0.394 e. The summed E-state index contributed by atoms with van der Waals surface area (Å²) in [5, 5.41) is 23.1. The van der Waals surface area contributed by atoms with Gasteiger partial charge in [-0.15, -0.1) is 5.92 Å². The summed E-state index contributed by atoms with van der Waals surface area (Å²) in [4.78, 5) is 15.3. The van der Waals surface area contributed by atoms with Crippen molar-refractivity contribution in [3.05, 3.63) is 16.7 Å². The van der Waals surface area contributed by atoms with Crippen LogP contribution in [0.3, 0.4) is 0 Å². The molecule has 1 aliphatic heterocycles. The minimum absolute atomic E-state index is 0.0484. The summed E-state index contributed by atoms with van der Waals surface area (Å²) in [6, 6.07) is 0. The first-order valence-electron chi connectivity index (χ1n) is 5.82. The number of hydrogen-bond donors (Lipinski definition) is 4. The Morgan fingerprint density at radius 2 is 2.35 bits per heavy atom. The first kappa shape index (κ1) is 14.4. The van der Waals surface area contributed by atoms with E-state index in [1.54, 1.807) is 0 Å². The fourth-order valence-electron chi connectivity index (χ4n) is 2.08. The molecule has 1 aromatic rings. The van der Waals surface area contributed by atoms with Gasteiger partial charge in [-0.1, -0.05) is 5.92 Å². The molecule has 2 rings (SSSR count). The zero-order valence-corrected chi connectivity index (χ0v) is 10.7. The Balaban J connectivity index is 2.52. The molecule has 1 fully saturated rings. The topological polar surface area (TPSA) is 150 Å². The standard InChI is InChI=1S/C11H15N5O4/c1-2-3-11(13)8(18)6(5-17)20-9(11)16-10(19)15-7(12)4-14-16/h4,6,8-9,17-18H,5,13H2,1H3,(H2,12,15,19)/t6-,8?,9-,11-/m1/s1. The van der Waals surface area contributed by atoms with E-state index in [0.29, 0.717) is 0 Å². The molecule has 0 aliphatic carbocycles. The maximum Gasteiger partial charge on any atom is 0.368 e. The van der Waals surface area contributed by atoms with Gasteiger partial charge in [0.05, 0.1) is 12.8 Å². The second-order valence-electron chi connectivity index (χ2n) is 4.37. The van der Waals surface area contributed by atoms with Gasteiger partial charge in [0.1, 0.15) is 18.0 Å². The molecule has 9 nitrogen and oxygen atoms in total. The van der Waals surface area contributed by atoms with Gasteiger partial charge in [-0.25, -0.2) is 4.79 Å². The minimum atomic E-state index is -1.59. The van der Waals surface area contributed by atoms with Crippen LogP contribution in [0.15, 0.2) is 11.0 Å². The fourth-order valence-corrected chi connectivity index (χ4v) is 2.08. The molecule has 20 heavy (non-hydrogen) atoms. The monoisotopic (exact) mass is 281 g/mol. The highest BCUT2D eigenvalue weighted by atomic mass is 16.5. The largest absolute Gasteiger partial charge is 0.394 e. The summed E-state index contributed by atoms with van der Waals surface area (Å²) in [5.74, 6) is 5.13. The van der Waals surface area contributed by atoms with E-state index in [-0.39, 0.29) is 5.82 Å². The van der Waals surface area contributed by atoms with Crippen LogP contribution in [0.25, 0.3) is 0 Å². The van der Waals surface area contributed by atoms with E-state index in [4.69, 9.17) is 16.2 Å². The first-order valence-corrected chi connectivity index (χ1v) is 5.82. The maximum atomic E-state index is 11.8. The molecule has 9 heteroatoms. The number of rotatable bonds is 2. The first-order chi connectivity index (χ1) is 9.43. The van der Waals surface area contributed by atoms with Gasteiger partial charge in [0.2, 0.25) is 0 Å². The van der Waals surface area contributed by atoms with Crippen LogP contribution in [0.5, 0.6) is 0 Å². The molecule has 4 atom stereocenters. The summed E-state index contributed by atoms with van der Waals surface area (Å²) in [5.41, 5.74) is 9.03. The van der Waals surface area contributed by atoms with Crippen molar-refractivity contribution in [2.45, 2.75) is 30.9 Å². The van der Waals surface area contributed by atoms with Crippen LogP contribution in [0.1, 0.15) is 13.2 Å². The third kappa shape index (κ3) is 2.14. The van der Waals surface area contributed by atoms with Crippen LogP contribution in [0.2, 0.25) is 0 Å². The highest BCUT2D eigenvalue weighted by Crippen LogP contribution is 2.34. The molecule has 6 N–H and O–H groups in total. The maximum absolute atomic E-state index is 11.8. The Labute approximate surface area is 114 Å². The summed E-state index contributed by atoms with van der Waals surface area (Å²) in [7, 11) is 0. The number of aromatic nitrogens is 3. The van der Waals surface area contributed by atoms with E-state index in [0.717, 1.165) is 10.9 Å². The molecular weight excluding hydrogens is 266 g/mol. The Kier molecular flexibility index (Phi) is 3.74. The van der Waals surface area contributed by atoms with Crippen molar-refractivity contribution in [3.8, 4) is 11.8 Å². The molecule has 0 amide bonds. The number of nitrogen functional groups attached to an aromatic ring is 1. The van der Waals surface area contributed by atoms with Crippen LogP contribution >= 0.6 is 0 Å². The number of nitrogens with zero attached hydrogens (tertiary/aromatic N) is 3. The lowest BCUT2D eigenvalue weighted by atomic mass is 9.92. The van der Waals surface area contributed by atoms with Gasteiger partial charge in [0.15, 0.2) is 11.8 Å². The van der Waals surface area contributed by atoms with Crippen molar-refractivity contribution in [2.24, 2.45) is 5.73 Å². The molecule has 1 saturated heterocycles. The Hall–Kier alpha value is -1.99. The van der Waals surface area contributed by atoms with Gasteiger partial charge < -0.3 is 26.4 Å². The van der Waals surface area contributed by atoms with Crippen molar-refractivity contribution in [1.29, 1.82) is 0 Å². The molecule has 108 valence electrons. The van der Waals surface area contributed by atoms with Crippen LogP contribution in [0.4, 0.5) is 5.82 Å². The lowest BCUT2D eigenvalue weighted by molar-refractivity contribution is -0.0528. The molecule has 1 aliphatic rings. The number of nitrogens with two attached hydrogens (primary N) is 2. The third-order valence-electron chi connectivity index (χ3n) is 3.03. The average molecular weight is 281 g/mol. The molecule has 0 spiro atoms. The lowest BCUT2D eigenvalue weighted by Crippen LogP contribution is -2.55. The SMILES string of the molecule is CC#C[C@@]1(N)C(O)[C@@H](CO)O[C@H]1n1ncc(N)nc1=O. The van der Waals surface area contributed by atoms with Crippen molar-refractivity contribution >= 4 is 5.82 Å². The fraction of sp³-hybridized carbons (Fsp3) is 0.545. The number of hydrogen-bond acceptors (Lipinski definition) is 8. The van der Waals surface area contributed by atoms with E-state index >= 15 is 0 Å². The normalized spacial score (nSPS) is 32.7. The van der Waals surface area contributed by atoms with Gasteiger partial charge in [0, 0.05) is 0 Å². The molecule has 0 radical (unpaired) electrons. The van der Waals surface area contributed by atoms with Gasteiger partial charge in [0.25, 0.3) is 0 Å². The Morgan fingerprint density at radius 3 is 2.90 bits per heavy atom. The summed E-state index contributed by atoms with van der Waals surface area (Å²) in [6.45, 7) is 1.06. The van der Waals surface area contributed by atoms with Crippen LogP contribution in [-0.2, 0) is 4.74 Å². The second-order valence-corrected chi connectivity index (χ2v) is 4.37. The number of aliphatic hydroxyl groups is 2. The van der Waals surface area contributed by atoms with E-state index in [1.165, 1.54) is 6.92 Å². The number of aliphatic hydroxyl groups excluding tert-OH is 2. The van der Waals surface area contributed by atoms with E-state index in [9.17, 15) is 15.0 Å². The van der Waals surface area contributed by atoms with Crippen LogP contribution < -0.4 is 17.2 Å². The lowest BCUT2D eigenvalue weighted by Gasteiger charge is -2.26. The van der Waals surface area contributed by atoms with Gasteiger partial charge >= 0.3 is 5.69 Å². The molecule has 2 heterocycles. The number of ether oxygens (including phenoxy) is 1. The van der Waals surface area contributed by atoms with E-state index in [1.807, 2.05) is 0 Å². The predicted molar refractivity (Wildman–Crippen MR) is 68.1 cm³/mol.